The first-order valence-corrected chi connectivity index (χ1v) is 5.80. The van der Waals surface area contributed by atoms with E-state index in [2.05, 4.69) is 15.0 Å². The molecule has 90 valence electrons. The van der Waals surface area contributed by atoms with Crippen LogP contribution in [0.5, 0.6) is 0 Å². The van der Waals surface area contributed by atoms with Crippen molar-refractivity contribution < 1.29 is 0 Å². The molecular formula is C12H10ClN5. The third-order valence-corrected chi connectivity index (χ3v) is 3.12. The lowest BCUT2D eigenvalue weighted by molar-refractivity contribution is 0.784. The fourth-order valence-corrected chi connectivity index (χ4v) is 2.05. The number of benzene rings is 1. The molecule has 1 aromatic carbocycles. The highest BCUT2D eigenvalue weighted by molar-refractivity contribution is 6.31. The minimum absolute atomic E-state index is 0.193. The number of H-pyrrole nitrogens is 1. The lowest BCUT2D eigenvalue weighted by atomic mass is 10.2. The third-order valence-electron chi connectivity index (χ3n) is 2.75. The molecule has 0 saturated carbocycles. The summed E-state index contributed by atoms with van der Waals surface area (Å²) in [7, 11) is 0. The summed E-state index contributed by atoms with van der Waals surface area (Å²) in [4.78, 5) is 11.1. The van der Waals surface area contributed by atoms with Gasteiger partial charge >= 0.3 is 0 Å². The summed E-state index contributed by atoms with van der Waals surface area (Å²) < 4.78 is 1.87. The molecule has 18 heavy (non-hydrogen) atoms. The highest BCUT2D eigenvalue weighted by Crippen LogP contribution is 2.17. The van der Waals surface area contributed by atoms with Gasteiger partial charge in [0, 0.05) is 5.02 Å². The molecule has 3 rings (SSSR count). The highest BCUT2D eigenvalue weighted by Gasteiger charge is 2.06. The molecule has 6 heteroatoms. The van der Waals surface area contributed by atoms with Crippen LogP contribution in [0.2, 0.25) is 5.02 Å². The fourth-order valence-electron chi connectivity index (χ4n) is 1.85. The molecule has 5 nitrogen and oxygen atoms in total. The molecule has 2 aromatic heterocycles. The lowest BCUT2D eigenvalue weighted by Crippen LogP contribution is -2.13. The van der Waals surface area contributed by atoms with Gasteiger partial charge in [-0.05, 0) is 11.6 Å². The molecule has 0 atom stereocenters. The highest BCUT2D eigenvalue weighted by atomic mass is 35.5. The zero-order valence-electron chi connectivity index (χ0n) is 9.39. The number of hydrogen-bond donors (Lipinski definition) is 2. The van der Waals surface area contributed by atoms with E-state index in [0.29, 0.717) is 22.7 Å². The quantitative estimate of drug-likeness (QED) is 0.738. The van der Waals surface area contributed by atoms with Gasteiger partial charge in [0.15, 0.2) is 11.1 Å². The molecule has 0 amide bonds. The zero-order chi connectivity index (χ0) is 12.5. The van der Waals surface area contributed by atoms with Crippen molar-refractivity contribution in [1.29, 1.82) is 5.41 Å². The number of imidazole rings is 1. The molecule has 0 bridgehead atoms. The van der Waals surface area contributed by atoms with Crippen LogP contribution < -0.4 is 5.49 Å². The maximum atomic E-state index is 7.68. The Hall–Kier alpha value is -2.14. The Labute approximate surface area is 108 Å². The number of nitrogens with zero attached hydrogens (tertiary/aromatic N) is 3. The Kier molecular flexibility index (Phi) is 2.60. The minimum Gasteiger partial charge on any atom is -0.340 e. The summed E-state index contributed by atoms with van der Waals surface area (Å²) in [6.45, 7) is 0.578. The predicted molar refractivity (Wildman–Crippen MR) is 68.3 cm³/mol. The van der Waals surface area contributed by atoms with E-state index in [-0.39, 0.29) is 5.49 Å². The second kappa shape index (κ2) is 4.27. The molecular weight excluding hydrogens is 250 g/mol. The van der Waals surface area contributed by atoms with E-state index in [1.165, 1.54) is 0 Å². The zero-order valence-corrected chi connectivity index (χ0v) is 10.1. The molecule has 0 saturated heterocycles. The largest absolute Gasteiger partial charge is 0.340 e. The van der Waals surface area contributed by atoms with Gasteiger partial charge in [-0.3, -0.25) is 5.41 Å². The second-order valence-corrected chi connectivity index (χ2v) is 4.32. The van der Waals surface area contributed by atoms with Crippen molar-refractivity contribution in [2.75, 3.05) is 0 Å². The second-order valence-electron chi connectivity index (χ2n) is 3.91. The van der Waals surface area contributed by atoms with Crippen LogP contribution in [0.3, 0.4) is 0 Å². The molecule has 0 radical (unpaired) electrons. The van der Waals surface area contributed by atoms with E-state index in [4.69, 9.17) is 17.0 Å². The van der Waals surface area contributed by atoms with Gasteiger partial charge in [-0.1, -0.05) is 29.8 Å². The molecule has 0 aliphatic rings. The fraction of sp³-hybridized carbons (Fsp3) is 0.0833. The van der Waals surface area contributed by atoms with Crippen LogP contribution in [-0.4, -0.2) is 19.5 Å². The first-order chi connectivity index (χ1) is 8.75. The molecule has 2 N–H and O–H groups in total. The van der Waals surface area contributed by atoms with E-state index in [1.807, 2.05) is 28.8 Å². The predicted octanol–water partition coefficient (Wildman–Crippen LogP) is 1.94. The van der Waals surface area contributed by atoms with Gasteiger partial charge in [0.25, 0.3) is 0 Å². The average molecular weight is 260 g/mol. The average Bonchev–Trinajstić information content (AvgIpc) is 2.85. The van der Waals surface area contributed by atoms with Gasteiger partial charge in [-0.25, -0.2) is 9.97 Å². The molecule has 0 spiro atoms. The number of aromatic amines is 1. The summed E-state index contributed by atoms with van der Waals surface area (Å²) in [6, 6.07) is 7.65. The van der Waals surface area contributed by atoms with Gasteiger partial charge in [0.1, 0.15) is 5.52 Å². The number of fused-ring (bicyclic) bond motifs is 1. The van der Waals surface area contributed by atoms with E-state index in [9.17, 15) is 0 Å². The first-order valence-electron chi connectivity index (χ1n) is 5.42. The van der Waals surface area contributed by atoms with Crippen LogP contribution in [-0.2, 0) is 6.54 Å². The van der Waals surface area contributed by atoms with Crippen LogP contribution in [0.25, 0.3) is 11.2 Å². The third kappa shape index (κ3) is 1.78. The number of rotatable bonds is 2. The van der Waals surface area contributed by atoms with Crippen molar-refractivity contribution in [3.8, 4) is 0 Å². The Morgan fingerprint density at radius 1 is 1.28 bits per heavy atom. The number of nitrogens with one attached hydrogen (secondary N) is 2. The van der Waals surface area contributed by atoms with Crippen LogP contribution in [0, 0.1) is 5.41 Å². The van der Waals surface area contributed by atoms with E-state index in [0.717, 1.165) is 5.56 Å². The monoisotopic (exact) mass is 259 g/mol. The lowest BCUT2D eigenvalue weighted by Gasteiger charge is -2.08. The SMILES string of the molecule is N=c1ncn(Cc2ccccc2Cl)c2nc[nH]c12. The summed E-state index contributed by atoms with van der Waals surface area (Å²) in [5.41, 5.74) is 2.52. The molecule has 2 heterocycles. The Morgan fingerprint density at radius 3 is 2.94 bits per heavy atom. The first kappa shape index (κ1) is 11.0. The van der Waals surface area contributed by atoms with Gasteiger partial charge in [-0.15, -0.1) is 0 Å². The smallest absolute Gasteiger partial charge is 0.173 e. The van der Waals surface area contributed by atoms with Crippen molar-refractivity contribution in [2.45, 2.75) is 6.54 Å². The number of halogens is 1. The molecule has 0 aliphatic carbocycles. The van der Waals surface area contributed by atoms with Crippen molar-refractivity contribution in [2.24, 2.45) is 0 Å². The Balaban J connectivity index is 2.11. The maximum Gasteiger partial charge on any atom is 0.173 e. The summed E-state index contributed by atoms with van der Waals surface area (Å²) >= 11 is 6.13. The van der Waals surface area contributed by atoms with E-state index >= 15 is 0 Å². The normalized spacial score (nSPS) is 10.9. The standard InChI is InChI=1S/C12H10ClN5/c13-9-4-2-1-3-8(9)5-18-7-17-11(14)10-12(18)16-6-15-10/h1-4,6-7,14H,5H2,(H,15,16). The van der Waals surface area contributed by atoms with Crippen LogP contribution in [0.1, 0.15) is 5.56 Å². The van der Waals surface area contributed by atoms with Crippen molar-refractivity contribution >= 4 is 22.8 Å². The minimum atomic E-state index is 0.193. The van der Waals surface area contributed by atoms with Crippen LogP contribution in [0.4, 0.5) is 0 Å². The van der Waals surface area contributed by atoms with Crippen molar-refractivity contribution in [3.63, 3.8) is 0 Å². The van der Waals surface area contributed by atoms with Gasteiger partial charge in [-0.2, -0.15) is 0 Å². The molecule has 0 aliphatic heterocycles. The maximum absolute atomic E-state index is 7.68. The molecule has 3 aromatic rings. The summed E-state index contributed by atoms with van der Waals surface area (Å²) in [5.74, 6) is 0. The number of hydrogen-bond acceptors (Lipinski definition) is 3. The van der Waals surface area contributed by atoms with Crippen molar-refractivity contribution in [3.05, 3.63) is 53.0 Å². The van der Waals surface area contributed by atoms with Crippen molar-refractivity contribution in [1.82, 2.24) is 19.5 Å². The Morgan fingerprint density at radius 2 is 2.11 bits per heavy atom. The summed E-state index contributed by atoms with van der Waals surface area (Å²) in [6.07, 6.45) is 3.17. The van der Waals surface area contributed by atoms with Gasteiger partial charge in [0.05, 0.1) is 19.2 Å². The van der Waals surface area contributed by atoms with E-state index in [1.54, 1.807) is 12.7 Å². The number of aromatic nitrogens is 4. The van der Waals surface area contributed by atoms with E-state index < -0.39 is 0 Å². The molecule has 0 fully saturated rings. The van der Waals surface area contributed by atoms with Crippen LogP contribution in [0.15, 0.2) is 36.9 Å². The molecule has 0 unspecified atom stereocenters. The summed E-state index contributed by atoms with van der Waals surface area (Å²) in [5, 5.41) is 8.39. The topological polar surface area (TPSA) is 70.3 Å². The van der Waals surface area contributed by atoms with Gasteiger partial charge < -0.3 is 9.55 Å². The van der Waals surface area contributed by atoms with Gasteiger partial charge in [0.2, 0.25) is 0 Å². The Bertz CT molecular complexity index is 758. The van der Waals surface area contributed by atoms with Crippen LogP contribution >= 0.6 is 11.6 Å².